The second-order valence-corrected chi connectivity index (χ2v) is 3.36. The van der Waals surface area contributed by atoms with Crippen LogP contribution in [0.4, 0.5) is 0 Å². The van der Waals surface area contributed by atoms with Crippen molar-refractivity contribution < 1.29 is 10.3 Å². The highest BCUT2D eigenvalue weighted by molar-refractivity contribution is 6.12. The van der Waals surface area contributed by atoms with Gasteiger partial charge in [0.2, 0.25) is 0 Å². The molecule has 16 heavy (non-hydrogen) atoms. The van der Waals surface area contributed by atoms with Crippen LogP contribution in [0, 0.1) is 0 Å². The maximum atomic E-state index is 9.18. The molecule has 0 aromatic heterocycles. The fraction of sp³-hybridized carbons (Fsp3) is 0. The lowest BCUT2D eigenvalue weighted by Gasteiger charge is -2.04. The Hall–Kier alpha value is -2.29. The lowest BCUT2D eigenvalue weighted by atomic mass is 10.0. The minimum absolute atomic E-state index is 0.189. The van der Waals surface area contributed by atoms with E-state index < -0.39 is 0 Å². The summed E-state index contributed by atoms with van der Waals surface area (Å²) in [5.74, 6) is 0.189. The highest BCUT2D eigenvalue weighted by Gasteiger charge is 2.06. The van der Waals surface area contributed by atoms with Gasteiger partial charge < -0.3 is 10.3 Å². The molecule has 80 valence electrons. The molecule has 2 aromatic rings. The average Bonchev–Trinajstić information content (AvgIpc) is 2.34. The second kappa shape index (κ2) is 4.49. The molecule has 0 radical (unpaired) electrons. The van der Waals surface area contributed by atoms with Gasteiger partial charge in [-0.3, -0.25) is 0 Å². The highest BCUT2D eigenvalue weighted by Crippen LogP contribution is 2.14. The summed E-state index contributed by atoms with van der Waals surface area (Å²) in [6.45, 7) is 0. The van der Waals surface area contributed by atoms with Gasteiger partial charge in [0.05, 0.1) is 0 Å². The molecule has 3 heteroatoms. The van der Waals surface area contributed by atoms with E-state index in [1.807, 2.05) is 30.3 Å². The first-order chi connectivity index (χ1) is 7.81. The van der Waals surface area contributed by atoms with Crippen molar-refractivity contribution in [3.63, 3.8) is 0 Å². The molecular formula is C13H11NO2. The van der Waals surface area contributed by atoms with E-state index in [9.17, 15) is 5.11 Å². The molecule has 0 amide bonds. The van der Waals surface area contributed by atoms with E-state index in [0.717, 1.165) is 11.1 Å². The largest absolute Gasteiger partial charge is 0.508 e. The Morgan fingerprint density at radius 1 is 0.812 bits per heavy atom. The fourth-order valence-electron chi connectivity index (χ4n) is 1.50. The van der Waals surface area contributed by atoms with Crippen LogP contribution in [0.3, 0.4) is 0 Å². The van der Waals surface area contributed by atoms with Crippen molar-refractivity contribution in [2.24, 2.45) is 5.16 Å². The van der Waals surface area contributed by atoms with Gasteiger partial charge in [0.25, 0.3) is 0 Å². The topological polar surface area (TPSA) is 52.8 Å². The van der Waals surface area contributed by atoms with E-state index in [1.165, 1.54) is 0 Å². The first-order valence-corrected chi connectivity index (χ1v) is 4.88. The molecule has 0 saturated heterocycles. The molecule has 0 bridgehead atoms. The van der Waals surface area contributed by atoms with Crippen molar-refractivity contribution in [1.29, 1.82) is 0 Å². The zero-order valence-electron chi connectivity index (χ0n) is 8.54. The van der Waals surface area contributed by atoms with E-state index in [2.05, 4.69) is 5.16 Å². The third kappa shape index (κ3) is 2.03. The van der Waals surface area contributed by atoms with Crippen LogP contribution in [0.15, 0.2) is 59.8 Å². The van der Waals surface area contributed by atoms with Gasteiger partial charge >= 0.3 is 0 Å². The van der Waals surface area contributed by atoms with Crippen molar-refractivity contribution in [2.45, 2.75) is 0 Å². The predicted molar refractivity (Wildman–Crippen MR) is 62.0 cm³/mol. The number of rotatable bonds is 2. The molecule has 3 nitrogen and oxygen atoms in total. The Bertz CT molecular complexity index is 489. The lowest BCUT2D eigenvalue weighted by molar-refractivity contribution is 0.319. The van der Waals surface area contributed by atoms with Crippen molar-refractivity contribution in [1.82, 2.24) is 0 Å². The minimum Gasteiger partial charge on any atom is -0.508 e. The zero-order chi connectivity index (χ0) is 11.4. The van der Waals surface area contributed by atoms with Crippen molar-refractivity contribution in [2.75, 3.05) is 0 Å². The SMILES string of the molecule is ON=C(c1ccccc1)c1ccc(O)cc1. The van der Waals surface area contributed by atoms with Gasteiger partial charge in [-0.05, 0) is 24.3 Å². The van der Waals surface area contributed by atoms with E-state index >= 15 is 0 Å². The Kier molecular flexibility index (Phi) is 2.87. The third-order valence-electron chi connectivity index (χ3n) is 2.29. The van der Waals surface area contributed by atoms with Gasteiger partial charge in [0, 0.05) is 11.1 Å². The van der Waals surface area contributed by atoms with Crippen LogP contribution >= 0.6 is 0 Å². The second-order valence-electron chi connectivity index (χ2n) is 3.36. The molecule has 0 heterocycles. The summed E-state index contributed by atoms with van der Waals surface area (Å²) in [5, 5.41) is 21.5. The number of hydrogen-bond acceptors (Lipinski definition) is 3. The lowest BCUT2D eigenvalue weighted by Crippen LogP contribution is -2.02. The first kappa shape index (κ1) is 10.2. The monoisotopic (exact) mass is 213 g/mol. The van der Waals surface area contributed by atoms with Gasteiger partial charge in [-0.25, -0.2) is 0 Å². The molecule has 0 atom stereocenters. The third-order valence-corrected chi connectivity index (χ3v) is 2.29. The summed E-state index contributed by atoms with van der Waals surface area (Å²) < 4.78 is 0. The molecule has 0 aliphatic rings. The Morgan fingerprint density at radius 3 is 1.94 bits per heavy atom. The van der Waals surface area contributed by atoms with Crippen molar-refractivity contribution >= 4 is 5.71 Å². The number of phenolic OH excluding ortho intramolecular Hbond substituents is 1. The molecule has 2 N–H and O–H groups in total. The molecular weight excluding hydrogens is 202 g/mol. The maximum Gasteiger partial charge on any atom is 0.117 e. The molecule has 0 fully saturated rings. The highest BCUT2D eigenvalue weighted by atomic mass is 16.4. The van der Waals surface area contributed by atoms with Crippen LogP contribution < -0.4 is 0 Å². The normalized spacial score (nSPS) is 11.4. The molecule has 0 aliphatic carbocycles. The van der Waals surface area contributed by atoms with Gasteiger partial charge in [-0.15, -0.1) is 0 Å². The molecule has 0 unspecified atom stereocenters. The quantitative estimate of drug-likeness (QED) is 0.457. The van der Waals surface area contributed by atoms with Crippen molar-refractivity contribution in [3.8, 4) is 5.75 Å². The Balaban J connectivity index is 2.42. The van der Waals surface area contributed by atoms with E-state index in [-0.39, 0.29) is 5.75 Å². The van der Waals surface area contributed by atoms with E-state index in [1.54, 1.807) is 24.3 Å². The van der Waals surface area contributed by atoms with Crippen LogP contribution in [0.25, 0.3) is 0 Å². The molecule has 2 aromatic carbocycles. The van der Waals surface area contributed by atoms with Gasteiger partial charge in [0.15, 0.2) is 0 Å². The number of phenols is 1. The first-order valence-electron chi connectivity index (χ1n) is 4.88. The number of oxime groups is 1. The number of hydrogen-bond donors (Lipinski definition) is 2. The molecule has 2 rings (SSSR count). The molecule has 0 saturated carbocycles. The summed E-state index contributed by atoms with van der Waals surface area (Å²) in [6, 6.07) is 15.9. The predicted octanol–water partition coefficient (Wildman–Crippen LogP) is 2.62. The number of benzene rings is 2. The van der Waals surface area contributed by atoms with Crippen LogP contribution in [-0.2, 0) is 0 Å². The summed E-state index contributed by atoms with van der Waals surface area (Å²) in [4.78, 5) is 0. The maximum absolute atomic E-state index is 9.18. The van der Waals surface area contributed by atoms with Gasteiger partial charge in [-0.1, -0.05) is 35.5 Å². The summed E-state index contributed by atoms with van der Waals surface area (Å²) in [5.41, 5.74) is 2.07. The zero-order valence-corrected chi connectivity index (χ0v) is 8.54. The minimum atomic E-state index is 0.189. The van der Waals surface area contributed by atoms with Gasteiger partial charge in [-0.2, -0.15) is 0 Å². The Labute approximate surface area is 93.3 Å². The van der Waals surface area contributed by atoms with Crippen molar-refractivity contribution in [3.05, 3.63) is 65.7 Å². The van der Waals surface area contributed by atoms with Crippen LogP contribution in [0.2, 0.25) is 0 Å². The summed E-state index contributed by atoms with van der Waals surface area (Å²) in [6.07, 6.45) is 0. The number of nitrogens with zero attached hydrogens (tertiary/aromatic N) is 1. The fourth-order valence-corrected chi connectivity index (χ4v) is 1.50. The van der Waals surface area contributed by atoms with Crippen LogP contribution in [-0.4, -0.2) is 16.0 Å². The average molecular weight is 213 g/mol. The summed E-state index contributed by atoms with van der Waals surface area (Å²) in [7, 11) is 0. The standard InChI is InChI=1S/C13H11NO2/c15-12-8-6-11(7-9-12)13(14-16)10-4-2-1-3-5-10/h1-9,15-16H. The van der Waals surface area contributed by atoms with Crippen LogP contribution in [0.5, 0.6) is 5.75 Å². The van der Waals surface area contributed by atoms with Crippen LogP contribution in [0.1, 0.15) is 11.1 Å². The molecule has 0 aliphatic heterocycles. The van der Waals surface area contributed by atoms with E-state index in [0.29, 0.717) is 5.71 Å². The Morgan fingerprint density at radius 2 is 1.38 bits per heavy atom. The smallest absolute Gasteiger partial charge is 0.117 e. The van der Waals surface area contributed by atoms with E-state index in [4.69, 9.17) is 5.21 Å². The van der Waals surface area contributed by atoms with Gasteiger partial charge in [0.1, 0.15) is 11.5 Å². The summed E-state index contributed by atoms with van der Waals surface area (Å²) >= 11 is 0. The molecule has 0 spiro atoms. The number of aromatic hydroxyl groups is 1.